The van der Waals surface area contributed by atoms with E-state index >= 15 is 0 Å². The fourth-order valence-electron chi connectivity index (χ4n) is 2.20. The summed E-state index contributed by atoms with van der Waals surface area (Å²) in [5.74, 6) is 0. The van der Waals surface area contributed by atoms with E-state index < -0.39 is 0 Å². The van der Waals surface area contributed by atoms with Crippen molar-refractivity contribution in [2.45, 2.75) is 26.8 Å². The first-order valence-corrected chi connectivity index (χ1v) is 9.02. The SMILES string of the molecule is CCNC(c1csc(I)c1)c1cc(C)c(Br)cc1C. The summed E-state index contributed by atoms with van der Waals surface area (Å²) in [5, 5.41) is 5.86. The van der Waals surface area contributed by atoms with Crippen LogP contribution in [0.4, 0.5) is 0 Å². The smallest absolute Gasteiger partial charge is 0.0656 e. The van der Waals surface area contributed by atoms with Gasteiger partial charge in [0.1, 0.15) is 0 Å². The molecule has 2 rings (SSSR count). The lowest BCUT2D eigenvalue weighted by molar-refractivity contribution is 0.629. The van der Waals surface area contributed by atoms with Crippen LogP contribution in [0.1, 0.15) is 35.2 Å². The van der Waals surface area contributed by atoms with Crippen LogP contribution in [-0.2, 0) is 0 Å². The highest BCUT2D eigenvalue weighted by molar-refractivity contribution is 14.1. The van der Waals surface area contributed by atoms with E-state index in [0.717, 1.165) is 6.54 Å². The van der Waals surface area contributed by atoms with Gasteiger partial charge < -0.3 is 5.32 Å². The average Bonchev–Trinajstić information content (AvgIpc) is 2.78. The third-order valence-electron chi connectivity index (χ3n) is 3.19. The molecular weight excluding hydrogens is 433 g/mol. The Morgan fingerprint density at radius 1 is 1.26 bits per heavy atom. The number of hydrogen-bond acceptors (Lipinski definition) is 2. The molecule has 1 heterocycles. The molecule has 0 saturated carbocycles. The monoisotopic (exact) mass is 449 g/mol. The van der Waals surface area contributed by atoms with Crippen molar-refractivity contribution in [2.75, 3.05) is 6.54 Å². The number of aryl methyl sites for hydroxylation is 2. The van der Waals surface area contributed by atoms with Gasteiger partial charge in [-0.3, -0.25) is 0 Å². The molecular formula is C15H17BrINS. The summed E-state index contributed by atoms with van der Waals surface area (Å²) in [7, 11) is 0. The summed E-state index contributed by atoms with van der Waals surface area (Å²) in [5.41, 5.74) is 5.34. The number of benzene rings is 1. The molecule has 19 heavy (non-hydrogen) atoms. The lowest BCUT2D eigenvalue weighted by Crippen LogP contribution is -2.22. The summed E-state index contributed by atoms with van der Waals surface area (Å²) in [6.45, 7) is 7.45. The van der Waals surface area contributed by atoms with Crippen molar-refractivity contribution < 1.29 is 0 Å². The van der Waals surface area contributed by atoms with Crippen molar-refractivity contribution in [1.82, 2.24) is 5.32 Å². The predicted molar refractivity (Wildman–Crippen MR) is 96.2 cm³/mol. The normalized spacial score (nSPS) is 12.7. The Bertz CT molecular complexity index is 580. The van der Waals surface area contributed by atoms with Gasteiger partial charge in [-0.25, -0.2) is 0 Å². The second kappa shape index (κ2) is 6.70. The molecule has 102 valence electrons. The van der Waals surface area contributed by atoms with Crippen molar-refractivity contribution in [3.63, 3.8) is 0 Å². The van der Waals surface area contributed by atoms with E-state index in [2.05, 4.69) is 88.2 Å². The largest absolute Gasteiger partial charge is 0.306 e. The lowest BCUT2D eigenvalue weighted by atomic mass is 9.95. The standard InChI is InChI=1S/C15H17BrINS/c1-4-18-15(11-7-14(17)19-8-11)12-5-10(3)13(16)6-9(12)2/h5-8,15,18H,4H2,1-3H3. The van der Waals surface area contributed by atoms with Gasteiger partial charge in [-0.1, -0.05) is 28.9 Å². The van der Waals surface area contributed by atoms with Crippen molar-refractivity contribution in [3.05, 3.63) is 53.2 Å². The molecule has 1 nitrogen and oxygen atoms in total. The molecule has 1 N–H and O–H groups in total. The zero-order valence-electron chi connectivity index (χ0n) is 11.3. The van der Waals surface area contributed by atoms with E-state index in [9.17, 15) is 0 Å². The van der Waals surface area contributed by atoms with Gasteiger partial charge in [0, 0.05) is 4.47 Å². The molecule has 0 aliphatic carbocycles. The Kier molecular flexibility index (Phi) is 5.45. The Morgan fingerprint density at radius 2 is 2.00 bits per heavy atom. The minimum Gasteiger partial charge on any atom is -0.306 e. The first-order chi connectivity index (χ1) is 9.02. The molecule has 0 amide bonds. The minimum absolute atomic E-state index is 0.288. The van der Waals surface area contributed by atoms with E-state index in [1.165, 1.54) is 29.6 Å². The molecule has 1 aromatic heterocycles. The molecule has 1 aromatic carbocycles. The van der Waals surface area contributed by atoms with Crippen LogP contribution in [0.25, 0.3) is 0 Å². The van der Waals surface area contributed by atoms with Crippen molar-refractivity contribution in [3.8, 4) is 0 Å². The van der Waals surface area contributed by atoms with Crippen LogP contribution in [0.3, 0.4) is 0 Å². The van der Waals surface area contributed by atoms with Gasteiger partial charge >= 0.3 is 0 Å². The van der Waals surface area contributed by atoms with E-state index in [0.29, 0.717) is 0 Å². The molecule has 1 unspecified atom stereocenters. The molecule has 0 bridgehead atoms. The number of rotatable bonds is 4. The van der Waals surface area contributed by atoms with Gasteiger partial charge in [0.2, 0.25) is 0 Å². The highest BCUT2D eigenvalue weighted by Gasteiger charge is 2.17. The fraction of sp³-hybridized carbons (Fsp3) is 0.333. The van der Waals surface area contributed by atoms with E-state index in [1.54, 1.807) is 11.3 Å². The van der Waals surface area contributed by atoms with Gasteiger partial charge in [0.15, 0.2) is 0 Å². The summed E-state index contributed by atoms with van der Waals surface area (Å²) in [6.07, 6.45) is 0. The Balaban J connectivity index is 2.47. The third-order valence-corrected chi connectivity index (χ3v) is 5.85. The summed E-state index contributed by atoms with van der Waals surface area (Å²) < 4.78 is 2.52. The van der Waals surface area contributed by atoms with Crippen molar-refractivity contribution in [1.29, 1.82) is 0 Å². The molecule has 1 atom stereocenters. The summed E-state index contributed by atoms with van der Waals surface area (Å²) in [6, 6.07) is 7.07. The zero-order chi connectivity index (χ0) is 14.0. The van der Waals surface area contributed by atoms with Crippen LogP contribution in [0.5, 0.6) is 0 Å². The lowest BCUT2D eigenvalue weighted by Gasteiger charge is -2.21. The Morgan fingerprint density at radius 3 is 2.58 bits per heavy atom. The quantitative estimate of drug-likeness (QED) is 0.613. The van der Waals surface area contributed by atoms with Crippen LogP contribution in [0, 0.1) is 16.7 Å². The van der Waals surface area contributed by atoms with Gasteiger partial charge in [-0.15, -0.1) is 11.3 Å². The van der Waals surface area contributed by atoms with Crippen LogP contribution >= 0.6 is 49.9 Å². The van der Waals surface area contributed by atoms with Gasteiger partial charge in [-0.05, 0) is 82.7 Å². The van der Waals surface area contributed by atoms with Crippen LogP contribution in [0.15, 0.2) is 28.1 Å². The second-order valence-electron chi connectivity index (χ2n) is 4.63. The number of halogens is 2. The minimum atomic E-state index is 0.288. The third kappa shape index (κ3) is 3.60. The van der Waals surface area contributed by atoms with Gasteiger partial charge in [-0.2, -0.15) is 0 Å². The maximum atomic E-state index is 3.61. The topological polar surface area (TPSA) is 12.0 Å². The Labute approximate surface area is 141 Å². The second-order valence-corrected chi connectivity index (χ2v) is 8.29. The maximum Gasteiger partial charge on any atom is 0.0656 e. The van der Waals surface area contributed by atoms with E-state index in [4.69, 9.17) is 0 Å². The van der Waals surface area contributed by atoms with Crippen molar-refractivity contribution >= 4 is 49.9 Å². The summed E-state index contributed by atoms with van der Waals surface area (Å²) >= 11 is 7.80. The molecule has 0 aliphatic rings. The Hall–Kier alpha value is 0.0900. The average molecular weight is 450 g/mol. The van der Waals surface area contributed by atoms with Gasteiger partial charge in [0.25, 0.3) is 0 Å². The van der Waals surface area contributed by atoms with Crippen LogP contribution < -0.4 is 5.32 Å². The van der Waals surface area contributed by atoms with Gasteiger partial charge in [0.05, 0.1) is 8.93 Å². The number of thiophene rings is 1. The number of hydrogen-bond donors (Lipinski definition) is 1. The molecule has 2 aromatic rings. The number of nitrogens with one attached hydrogen (secondary N) is 1. The molecule has 4 heteroatoms. The van der Waals surface area contributed by atoms with Crippen LogP contribution in [-0.4, -0.2) is 6.54 Å². The zero-order valence-corrected chi connectivity index (χ0v) is 15.8. The highest BCUT2D eigenvalue weighted by atomic mass is 127. The maximum absolute atomic E-state index is 3.61. The van der Waals surface area contributed by atoms with Crippen molar-refractivity contribution in [2.24, 2.45) is 0 Å². The first-order valence-electron chi connectivity index (χ1n) is 6.27. The summed E-state index contributed by atoms with van der Waals surface area (Å²) in [4.78, 5) is 0. The molecule has 0 fully saturated rings. The first kappa shape index (κ1) is 15.5. The van der Waals surface area contributed by atoms with E-state index in [1.807, 2.05) is 0 Å². The molecule has 0 saturated heterocycles. The molecule has 0 radical (unpaired) electrons. The molecule has 0 spiro atoms. The van der Waals surface area contributed by atoms with Crippen LogP contribution in [0.2, 0.25) is 0 Å². The molecule has 0 aliphatic heterocycles. The van der Waals surface area contributed by atoms with E-state index in [-0.39, 0.29) is 6.04 Å². The highest BCUT2D eigenvalue weighted by Crippen LogP contribution is 2.31. The fourth-order valence-corrected chi connectivity index (χ4v) is 4.06. The predicted octanol–water partition coefficient (Wildman–Crippen LogP) is 5.43.